The Kier molecular flexibility index (Phi) is 9.64. The summed E-state index contributed by atoms with van der Waals surface area (Å²) in [7, 11) is -4.29. The molecule has 15 heteroatoms. The Balaban J connectivity index is 1.34. The Morgan fingerprint density at radius 2 is 2.00 bits per heavy atom. The van der Waals surface area contributed by atoms with Crippen molar-refractivity contribution >= 4 is 36.4 Å². The molecule has 3 N–H and O–H groups in total. The minimum Gasteiger partial charge on any atom is -0.432 e. The molecule has 2 aliphatic rings. The van der Waals surface area contributed by atoms with Gasteiger partial charge in [0, 0.05) is 11.6 Å². The van der Waals surface area contributed by atoms with Gasteiger partial charge in [-0.05, 0) is 43.9 Å². The molecule has 1 unspecified atom stereocenters. The van der Waals surface area contributed by atoms with Crippen LogP contribution in [0.25, 0.3) is 11.0 Å². The van der Waals surface area contributed by atoms with Crippen LogP contribution in [0.5, 0.6) is 0 Å². The number of rotatable bonds is 11. The Hall–Kier alpha value is -1.83. The zero-order valence-electron chi connectivity index (χ0n) is 21.1. The second-order valence-electron chi connectivity index (χ2n) is 9.75. The highest BCUT2D eigenvalue weighted by molar-refractivity contribution is 7.52. The van der Waals surface area contributed by atoms with Crippen molar-refractivity contribution in [2.24, 2.45) is 5.92 Å². The molecule has 0 spiro atoms. The molecule has 38 heavy (non-hydrogen) atoms. The van der Waals surface area contributed by atoms with E-state index >= 15 is 0 Å². The molecule has 1 aliphatic carbocycles. The van der Waals surface area contributed by atoms with E-state index < -0.39 is 57.5 Å². The highest BCUT2D eigenvalue weighted by Gasteiger charge is 2.44. The summed E-state index contributed by atoms with van der Waals surface area (Å²) in [4.78, 5) is 29.9. The molecule has 0 aromatic carbocycles. The van der Waals surface area contributed by atoms with Crippen LogP contribution in [-0.4, -0.2) is 80.0 Å². The predicted octanol–water partition coefficient (Wildman–Crippen LogP) is 3.13. The third-order valence-electron chi connectivity index (χ3n) is 6.49. The first kappa shape index (κ1) is 29.2. The van der Waals surface area contributed by atoms with Crippen molar-refractivity contribution in [1.29, 1.82) is 0 Å². The second kappa shape index (κ2) is 12.6. The first-order valence-corrected chi connectivity index (χ1v) is 14.6. The summed E-state index contributed by atoms with van der Waals surface area (Å²) in [6, 6.07) is 1.83. The molecular weight excluding hydrogens is 545 g/mol. The van der Waals surface area contributed by atoms with E-state index in [9.17, 15) is 24.5 Å². The lowest BCUT2D eigenvalue weighted by Gasteiger charge is -2.18. The number of aromatic nitrogens is 3. The lowest BCUT2D eigenvalue weighted by molar-refractivity contribution is -0.0624. The molecule has 2 aromatic heterocycles. The van der Waals surface area contributed by atoms with Gasteiger partial charge in [-0.15, -0.1) is 0 Å². The van der Waals surface area contributed by atoms with Crippen molar-refractivity contribution < 1.29 is 47.9 Å². The van der Waals surface area contributed by atoms with Crippen LogP contribution < -0.4 is 0 Å². The number of aliphatic hydroxyl groups is 2. The Labute approximate surface area is 224 Å². The first-order chi connectivity index (χ1) is 18.0. The average molecular weight is 578 g/mol. The monoisotopic (exact) mass is 577 g/mol. The zero-order valence-corrected chi connectivity index (χ0v) is 22.8. The highest BCUT2D eigenvalue weighted by atomic mass is 35.5. The van der Waals surface area contributed by atoms with Crippen LogP contribution >= 0.6 is 19.2 Å². The summed E-state index contributed by atoms with van der Waals surface area (Å²) >= 11 is 6.22. The summed E-state index contributed by atoms with van der Waals surface area (Å²) in [6.45, 7) is 2.11. The molecule has 5 atom stereocenters. The van der Waals surface area contributed by atoms with Crippen molar-refractivity contribution in [1.82, 2.24) is 14.5 Å². The van der Waals surface area contributed by atoms with Crippen LogP contribution in [0.15, 0.2) is 12.3 Å². The molecule has 2 aromatic rings. The fourth-order valence-electron chi connectivity index (χ4n) is 4.72. The number of nitrogens with zero attached hydrogens (tertiary/aromatic N) is 3. The van der Waals surface area contributed by atoms with E-state index in [1.807, 2.05) is 6.07 Å². The lowest BCUT2D eigenvalue weighted by atomic mass is 10.0. The van der Waals surface area contributed by atoms with Crippen LogP contribution in [0.3, 0.4) is 0 Å². The van der Waals surface area contributed by atoms with Gasteiger partial charge in [-0.25, -0.2) is 9.78 Å². The number of hydrogen-bond donors (Lipinski definition) is 3. The van der Waals surface area contributed by atoms with Gasteiger partial charge in [0.15, 0.2) is 6.23 Å². The predicted molar refractivity (Wildman–Crippen MR) is 133 cm³/mol. The molecule has 212 valence electrons. The quantitative estimate of drug-likeness (QED) is 0.154. The Bertz CT molecular complexity index is 1160. The van der Waals surface area contributed by atoms with Crippen LogP contribution in [0.1, 0.15) is 51.5 Å². The van der Waals surface area contributed by atoms with Gasteiger partial charge in [-0.1, -0.05) is 25.7 Å². The largest absolute Gasteiger partial charge is 0.510 e. The number of halogens is 1. The minimum atomic E-state index is -4.29. The van der Waals surface area contributed by atoms with E-state index in [0.29, 0.717) is 11.6 Å². The van der Waals surface area contributed by atoms with Crippen molar-refractivity contribution in [2.45, 2.75) is 76.6 Å². The summed E-state index contributed by atoms with van der Waals surface area (Å²) in [5.74, 6) is 0.538. The van der Waals surface area contributed by atoms with Gasteiger partial charge in [0.1, 0.15) is 30.3 Å². The van der Waals surface area contributed by atoms with Gasteiger partial charge in [-0.3, -0.25) is 9.09 Å². The highest BCUT2D eigenvalue weighted by Crippen LogP contribution is 2.42. The fraction of sp³-hybridized carbons (Fsp3) is 0.696. The fourth-order valence-corrected chi connectivity index (χ4v) is 5.53. The summed E-state index contributed by atoms with van der Waals surface area (Å²) in [6.07, 6.45) is 0.255. The molecule has 1 aliphatic heterocycles. The van der Waals surface area contributed by atoms with Crippen LogP contribution in [-0.2, 0) is 34.5 Å². The minimum absolute atomic E-state index is 0.0820. The maximum atomic E-state index is 12.1. The van der Waals surface area contributed by atoms with E-state index in [-0.39, 0.29) is 11.9 Å². The van der Waals surface area contributed by atoms with E-state index in [1.165, 1.54) is 12.8 Å². The number of hydrogen-bond acceptors (Lipinski definition) is 11. The number of carbonyl (C=O) groups is 1. The zero-order chi connectivity index (χ0) is 27.4. The molecule has 1 saturated heterocycles. The van der Waals surface area contributed by atoms with Gasteiger partial charge in [0.2, 0.25) is 12.1 Å². The third-order valence-corrected chi connectivity index (χ3v) is 7.68. The van der Waals surface area contributed by atoms with E-state index in [0.717, 1.165) is 30.3 Å². The average Bonchev–Trinajstić information content (AvgIpc) is 3.55. The number of carbonyl (C=O) groups excluding carboxylic acids is 1. The standard InChI is InChI=1S/C23H33ClN3O10P/c1-13(2)36-23(30)34-11-35-38(31,32)12-33-10-17-18(28)19(29)21(37-17)27-8-7-15-16(9-14-5-3-4-6-14)25-22(24)26-20(15)27/h7-8,13-14,17-19,21,28-29H,3-6,9-12H2,1-2H3,(H,31,32)/t17-,18-,19-,21-/m1/s1. The molecule has 13 nitrogen and oxygen atoms in total. The summed E-state index contributed by atoms with van der Waals surface area (Å²) in [5, 5.41) is 22.1. The molecule has 3 heterocycles. The SMILES string of the molecule is CC(C)OC(=O)OCOP(=O)(O)COC[C@H]1O[C@@H](n2ccc3c(CC4CCCC4)nc(Cl)nc32)[C@H](O)[C@@H]1O. The summed E-state index contributed by atoms with van der Waals surface area (Å²) in [5.41, 5.74) is 1.30. The molecule has 0 radical (unpaired) electrons. The first-order valence-electron chi connectivity index (χ1n) is 12.5. The third kappa shape index (κ3) is 7.22. The van der Waals surface area contributed by atoms with E-state index in [1.54, 1.807) is 24.6 Å². The number of aliphatic hydroxyl groups excluding tert-OH is 2. The van der Waals surface area contributed by atoms with E-state index in [4.69, 9.17) is 25.8 Å². The summed E-state index contributed by atoms with van der Waals surface area (Å²) < 4.78 is 38.7. The topological polar surface area (TPSA) is 172 Å². The van der Waals surface area contributed by atoms with Crippen molar-refractivity contribution in [3.8, 4) is 0 Å². The normalized spacial score (nSPS) is 25.8. The van der Waals surface area contributed by atoms with Gasteiger partial charge in [-0.2, -0.15) is 4.98 Å². The van der Waals surface area contributed by atoms with Gasteiger partial charge < -0.3 is 38.6 Å². The molecule has 4 rings (SSSR count). The maximum absolute atomic E-state index is 12.1. The second-order valence-corrected chi connectivity index (χ2v) is 11.9. The Morgan fingerprint density at radius 1 is 1.26 bits per heavy atom. The van der Waals surface area contributed by atoms with Crippen molar-refractivity contribution in [3.05, 3.63) is 23.2 Å². The lowest BCUT2D eigenvalue weighted by Crippen LogP contribution is -2.34. The van der Waals surface area contributed by atoms with Crippen molar-refractivity contribution in [2.75, 3.05) is 19.7 Å². The number of ether oxygens (including phenoxy) is 4. The van der Waals surface area contributed by atoms with Gasteiger partial charge in [0.25, 0.3) is 0 Å². The molecule has 2 fully saturated rings. The maximum Gasteiger partial charge on any atom is 0.510 e. The van der Waals surface area contributed by atoms with Gasteiger partial charge in [0.05, 0.1) is 18.4 Å². The molecule has 1 saturated carbocycles. The number of fused-ring (bicyclic) bond motifs is 1. The molecule has 0 bridgehead atoms. The van der Waals surface area contributed by atoms with E-state index in [2.05, 4.69) is 19.2 Å². The van der Waals surface area contributed by atoms with Crippen LogP contribution in [0.4, 0.5) is 4.79 Å². The van der Waals surface area contributed by atoms with Crippen LogP contribution in [0.2, 0.25) is 5.28 Å². The smallest absolute Gasteiger partial charge is 0.432 e. The molecular formula is C23H33ClN3O10P. The van der Waals surface area contributed by atoms with Crippen molar-refractivity contribution in [3.63, 3.8) is 0 Å². The Morgan fingerprint density at radius 3 is 2.71 bits per heavy atom. The molecule has 0 amide bonds. The van der Waals surface area contributed by atoms with Gasteiger partial charge >= 0.3 is 13.8 Å². The van der Waals surface area contributed by atoms with Crippen LogP contribution in [0, 0.1) is 5.92 Å².